The molecule has 0 saturated heterocycles. The van der Waals surface area contributed by atoms with Crippen LogP contribution in [0.5, 0.6) is 0 Å². The second-order valence-electron chi connectivity index (χ2n) is 8.99. The summed E-state index contributed by atoms with van der Waals surface area (Å²) in [7, 11) is 0. The van der Waals surface area contributed by atoms with Crippen LogP contribution in [0.1, 0.15) is 53.2 Å². The number of carboxylic acid groups (broad SMARTS) is 1. The third-order valence-electron chi connectivity index (χ3n) is 6.81. The highest BCUT2D eigenvalue weighted by Crippen LogP contribution is 2.44. The molecule has 5 rings (SSSR count). The third kappa shape index (κ3) is 4.75. The Bertz CT molecular complexity index is 1220. The van der Waals surface area contributed by atoms with Crippen molar-refractivity contribution in [2.45, 2.75) is 37.6 Å². The van der Waals surface area contributed by atoms with Crippen molar-refractivity contribution in [1.82, 2.24) is 15.5 Å². The number of hydrogen-bond acceptors (Lipinski definition) is 5. The number of nitrogens with zero attached hydrogens (tertiary/aromatic N) is 1. The Hall–Kier alpha value is -4.14. The summed E-state index contributed by atoms with van der Waals surface area (Å²) in [5.74, 6) is -1.23. The molecule has 0 spiro atoms. The van der Waals surface area contributed by atoms with Gasteiger partial charge in [0, 0.05) is 18.0 Å². The van der Waals surface area contributed by atoms with Crippen LogP contribution in [0.15, 0.2) is 54.6 Å². The number of nitrogens with one attached hydrogen (secondary N) is 3. The van der Waals surface area contributed by atoms with E-state index in [9.17, 15) is 14.4 Å². The maximum atomic E-state index is 12.6. The summed E-state index contributed by atoms with van der Waals surface area (Å²) in [5, 5.41) is 21.1. The van der Waals surface area contributed by atoms with Crippen molar-refractivity contribution in [3.63, 3.8) is 0 Å². The average Bonchev–Trinajstić information content (AvgIpc) is 3.56. The van der Waals surface area contributed by atoms with Crippen LogP contribution in [0.2, 0.25) is 0 Å². The fraction of sp³-hybridized carbons (Fsp3) is 0.308. The predicted octanol–water partition coefficient (Wildman–Crippen LogP) is 4.14. The highest BCUT2D eigenvalue weighted by Gasteiger charge is 2.31. The van der Waals surface area contributed by atoms with Crippen molar-refractivity contribution in [2.75, 3.05) is 11.9 Å². The lowest BCUT2D eigenvalue weighted by atomic mass is 9.98. The van der Waals surface area contributed by atoms with Gasteiger partial charge in [0.1, 0.15) is 12.3 Å². The fourth-order valence-electron chi connectivity index (χ4n) is 5.18. The molecule has 9 heteroatoms. The number of aromatic nitrogens is 2. The smallest absolute Gasteiger partial charge is 0.412 e. The van der Waals surface area contributed by atoms with Gasteiger partial charge < -0.3 is 15.2 Å². The van der Waals surface area contributed by atoms with E-state index in [0.717, 1.165) is 41.5 Å². The Morgan fingerprint density at radius 2 is 1.71 bits per heavy atom. The Kier molecular flexibility index (Phi) is 6.22. The number of aliphatic carboxylic acids is 1. The van der Waals surface area contributed by atoms with Crippen molar-refractivity contribution < 1.29 is 24.2 Å². The predicted molar refractivity (Wildman–Crippen MR) is 128 cm³/mol. The van der Waals surface area contributed by atoms with Gasteiger partial charge in [0.05, 0.1) is 6.42 Å². The van der Waals surface area contributed by atoms with Gasteiger partial charge in [0.15, 0.2) is 5.82 Å². The summed E-state index contributed by atoms with van der Waals surface area (Å²) in [4.78, 5) is 36.1. The molecule has 1 fully saturated rings. The Labute approximate surface area is 201 Å². The summed E-state index contributed by atoms with van der Waals surface area (Å²) in [5.41, 5.74) is 4.71. The van der Waals surface area contributed by atoms with Gasteiger partial charge in [-0.15, -0.1) is 0 Å². The molecule has 9 nitrogen and oxygen atoms in total. The van der Waals surface area contributed by atoms with Gasteiger partial charge in [-0.2, -0.15) is 5.10 Å². The van der Waals surface area contributed by atoms with E-state index in [1.807, 2.05) is 36.4 Å². The zero-order chi connectivity index (χ0) is 24.4. The van der Waals surface area contributed by atoms with E-state index >= 15 is 0 Å². The van der Waals surface area contributed by atoms with Gasteiger partial charge in [-0.1, -0.05) is 55.0 Å². The molecule has 2 aliphatic rings. The lowest BCUT2D eigenvalue weighted by molar-refractivity contribution is -0.138. The van der Waals surface area contributed by atoms with Crippen LogP contribution >= 0.6 is 0 Å². The summed E-state index contributed by atoms with van der Waals surface area (Å²) < 4.78 is 5.51. The quantitative estimate of drug-likeness (QED) is 0.407. The van der Waals surface area contributed by atoms with Gasteiger partial charge in [-0.25, -0.2) is 4.79 Å². The first-order valence-corrected chi connectivity index (χ1v) is 11.7. The molecule has 35 heavy (non-hydrogen) atoms. The molecule has 1 saturated carbocycles. The number of ether oxygens (including phenoxy) is 1. The van der Waals surface area contributed by atoms with Crippen LogP contribution in [-0.4, -0.2) is 45.9 Å². The molecule has 2 aliphatic carbocycles. The number of carbonyl (C=O) groups excluding carboxylic acids is 2. The van der Waals surface area contributed by atoms with Crippen LogP contribution < -0.4 is 10.6 Å². The number of anilines is 1. The van der Waals surface area contributed by atoms with Crippen molar-refractivity contribution in [3.05, 3.63) is 71.4 Å². The third-order valence-corrected chi connectivity index (χ3v) is 6.81. The first kappa shape index (κ1) is 22.6. The molecule has 3 aromatic rings. The molecule has 1 aromatic heterocycles. The minimum Gasteiger partial charge on any atom is -0.481 e. The van der Waals surface area contributed by atoms with E-state index in [1.165, 1.54) is 6.07 Å². The topological polar surface area (TPSA) is 133 Å². The number of rotatable bonds is 7. The summed E-state index contributed by atoms with van der Waals surface area (Å²) in [6, 6.07) is 17.4. The Morgan fingerprint density at radius 1 is 1.03 bits per heavy atom. The number of aromatic amines is 1. The molecule has 2 aromatic carbocycles. The second kappa shape index (κ2) is 9.61. The largest absolute Gasteiger partial charge is 0.481 e. The van der Waals surface area contributed by atoms with Gasteiger partial charge >= 0.3 is 12.1 Å². The van der Waals surface area contributed by atoms with Gasteiger partial charge in [0.2, 0.25) is 0 Å². The van der Waals surface area contributed by atoms with Crippen LogP contribution in [-0.2, 0) is 9.53 Å². The molecule has 180 valence electrons. The number of hydrogen-bond donors (Lipinski definition) is 4. The molecule has 4 N–H and O–H groups in total. The Morgan fingerprint density at radius 3 is 2.40 bits per heavy atom. The van der Waals surface area contributed by atoms with Crippen LogP contribution in [0, 0.1) is 5.92 Å². The standard InChI is InChI=1S/C26H26N4O5/c31-24(32)12-15-6-5-11-21(15)27-25(33)22-13-23(30-29-22)28-26(34)35-14-20-18-9-3-1-7-16(18)17-8-2-4-10-19(17)20/h1-4,7-10,13,15,20-21H,5-6,11-12,14H2,(H,27,33)(H,31,32)(H2,28,29,30,34)/t15-,21+/m0/s1. The molecule has 0 radical (unpaired) electrons. The molecule has 2 atom stereocenters. The van der Waals surface area contributed by atoms with Gasteiger partial charge in [-0.05, 0) is 41.0 Å². The minimum absolute atomic E-state index is 0.0303. The van der Waals surface area contributed by atoms with E-state index in [1.54, 1.807) is 0 Å². The molecular weight excluding hydrogens is 448 g/mol. The number of H-pyrrole nitrogens is 1. The molecule has 0 unspecified atom stereocenters. The van der Waals surface area contributed by atoms with E-state index in [-0.39, 0.29) is 48.3 Å². The second-order valence-corrected chi connectivity index (χ2v) is 8.99. The molecule has 2 amide bonds. The van der Waals surface area contributed by atoms with Gasteiger partial charge in [-0.3, -0.25) is 20.0 Å². The van der Waals surface area contributed by atoms with Crippen LogP contribution in [0.25, 0.3) is 11.1 Å². The summed E-state index contributed by atoms with van der Waals surface area (Å²) in [6.45, 7) is 0.171. The number of benzene rings is 2. The van der Waals surface area contributed by atoms with Gasteiger partial charge in [0.25, 0.3) is 5.91 Å². The lowest BCUT2D eigenvalue weighted by Gasteiger charge is -2.18. The molecule has 1 heterocycles. The number of fused-ring (bicyclic) bond motifs is 3. The van der Waals surface area contributed by atoms with Crippen molar-refractivity contribution in [2.24, 2.45) is 5.92 Å². The summed E-state index contributed by atoms with van der Waals surface area (Å²) in [6.07, 6.45) is 1.75. The molecular formula is C26H26N4O5. The number of carboxylic acids is 1. The Balaban J connectivity index is 1.17. The van der Waals surface area contributed by atoms with Crippen molar-refractivity contribution >= 4 is 23.8 Å². The minimum atomic E-state index is -0.868. The van der Waals surface area contributed by atoms with Crippen molar-refractivity contribution in [3.8, 4) is 11.1 Å². The number of amides is 2. The first-order chi connectivity index (χ1) is 17.0. The zero-order valence-corrected chi connectivity index (χ0v) is 19.0. The first-order valence-electron chi connectivity index (χ1n) is 11.7. The highest BCUT2D eigenvalue weighted by molar-refractivity contribution is 5.94. The highest BCUT2D eigenvalue weighted by atomic mass is 16.5. The van der Waals surface area contributed by atoms with Crippen LogP contribution in [0.3, 0.4) is 0 Å². The monoisotopic (exact) mass is 474 g/mol. The summed E-state index contributed by atoms with van der Waals surface area (Å²) >= 11 is 0. The van der Waals surface area contributed by atoms with E-state index < -0.39 is 12.1 Å². The van der Waals surface area contributed by atoms with E-state index in [0.29, 0.717) is 0 Å². The van der Waals surface area contributed by atoms with Crippen molar-refractivity contribution in [1.29, 1.82) is 0 Å². The lowest BCUT2D eigenvalue weighted by Crippen LogP contribution is -2.38. The SMILES string of the molecule is O=C(O)C[C@@H]1CCC[C@H]1NC(=O)c1cc(NC(=O)OCC2c3ccccc3-c3ccccc32)n[nH]1. The molecule has 0 bridgehead atoms. The number of carbonyl (C=O) groups is 3. The molecule has 0 aliphatic heterocycles. The van der Waals surface area contributed by atoms with Crippen LogP contribution in [0.4, 0.5) is 10.6 Å². The average molecular weight is 475 g/mol. The fourth-order valence-corrected chi connectivity index (χ4v) is 5.18. The normalized spacial score (nSPS) is 18.5. The maximum Gasteiger partial charge on any atom is 0.412 e. The maximum absolute atomic E-state index is 12.6. The zero-order valence-electron chi connectivity index (χ0n) is 19.0. The van der Waals surface area contributed by atoms with E-state index in [2.05, 4.69) is 33.0 Å². The van der Waals surface area contributed by atoms with E-state index in [4.69, 9.17) is 9.84 Å².